The second kappa shape index (κ2) is 4.89. The van der Waals surface area contributed by atoms with Crippen LogP contribution in [0.1, 0.15) is 58.8 Å². The molecule has 4 aliphatic rings. The van der Waals surface area contributed by atoms with Crippen molar-refractivity contribution < 1.29 is 19.8 Å². The van der Waals surface area contributed by atoms with Gasteiger partial charge in [0.1, 0.15) is 0 Å². The first-order chi connectivity index (χ1) is 10.8. The van der Waals surface area contributed by atoms with E-state index in [1.165, 1.54) is 0 Å². The molecule has 4 fully saturated rings. The Labute approximate surface area is 137 Å². The first-order valence-corrected chi connectivity index (χ1v) is 9.19. The predicted octanol–water partition coefficient (Wildman–Crippen LogP) is 2.11. The zero-order valence-electron chi connectivity index (χ0n) is 14.1. The van der Waals surface area contributed by atoms with E-state index in [1.54, 1.807) is 0 Å². The number of hydrogen-bond acceptors (Lipinski definition) is 4. The van der Waals surface area contributed by atoms with E-state index in [-0.39, 0.29) is 40.3 Å². The second-order valence-corrected chi connectivity index (χ2v) is 9.17. The summed E-state index contributed by atoms with van der Waals surface area (Å²) in [6.07, 6.45) is 4.38. The van der Waals surface area contributed by atoms with Gasteiger partial charge in [-0.1, -0.05) is 13.8 Å². The van der Waals surface area contributed by atoms with Gasteiger partial charge in [0.05, 0.1) is 12.2 Å². The minimum Gasteiger partial charge on any atom is -0.393 e. The molecule has 128 valence electrons. The summed E-state index contributed by atoms with van der Waals surface area (Å²) in [7, 11) is 0. The van der Waals surface area contributed by atoms with Gasteiger partial charge in [-0.25, -0.2) is 0 Å². The van der Waals surface area contributed by atoms with E-state index in [0.717, 1.165) is 25.7 Å². The molecule has 4 saturated carbocycles. The van der Waals surface area contributed by atoms with Crippen LogP contribution in [0.25, 0.3) is 0 Å². The van der Waals surface area contributed by atoms with Gasteiger partial charge in [-0.2, -0.15) is 0 Å². The monoisotopic (exact) mass is 320 g/mol. The van der Waals surface area contributed by atoms with Crippen molar-refractivity contribution in [2.75, 3.05) is 0 Å². The number of fused-ring (bicyclic) bond motifs is 5. The maximum absolute atomic E-state index is 12.1. The zero-order chi connectivity index (χ0) is 16.6. The first-order valence-electron chi connectivity index (χ1n) is 9.19. The Morgan fingerprint density at radius 1 is 0.957 bits per heavy atom. The largest absolute Gasteiger partial charge is 0.393 e. The molecule has 0 spiro atoms. The van der Waals surface area contributed by atoms with Crippen LogP contribution in [-0.2, 0) is 9.59 Å². The third-order valence-corrected chi connectivity index (χ3v) is 8.23. The Morgan fingerprint density at radius 3 is 2.43 bits per heavy atom. The van der Waals surface area contributed by atoms with E-state index in [0.29, 0.717) is 31.1 Å². The van der Waals surface area contributed by atoms with Crippen molar-refractivity contribution in [3.8, 4) is 0 Å². The van der Waals surface area contributed by atoms with Crippen LogP contribution in [-0.4, -0.2) is 34.0 Å². The molecule has 0 aromatic carbocycles. The third-order valence-electron chi connectivity index (χ3n) is 8.23. The van der Waals surface area contributed by atoms with Gasteiger partial charge in [-0.05, 0) is 66.6 Å². The average molecular weight is 320 g/mol. The third kappa shape index (κ3) is 1.97. The Kier molecular flexibility index (Phi) is 3.35. The molecular weight excluding hydrogens is 292 g/mol. The standard InChI is InChI=1S/C19H28O4/c1-18-8-14(21)13(20)7-10(18)3-4-11-12-5-6-16(23)19(12,2)9-15(22)17(11)18/h10-12,15-17,22-23H,3-9H2,1-2H3/t10?,11-,12-,15+,16-,17+,18-,19-/m0/s1. The minimum absolute atomic E-state index is 0.0988. The van der Waals surface area contributed by atoms with Gasteiger partial charge in [0.25, 0.3) is 0 Å². The summed E-state index contributed by atoms with van der Waals surface area (Å²) in [6.45, 7) is 4.27. The molecule has 0 aliphatic heterocycles. The molecule has 0 saturated heterocycles. The van der Waals surface area contributed by atoms with Crippen LogP contribution in [0.2, 0.25) is 0 Å². The predicted molar refractivity (Wildman–Crippen MR) is 84.5 cm³/mol. The first kappa shape index (κ1) is 15.8. The summed E-state index contributed by atoms with van der Waals surface area (Å²) in [6, 6.07) is 0. The number of rotatable bonds is 0. The van der Waals surface area contributed by atoms with E-state index in [2.05, 4.69) is 13.8 Å². The number of carbonyl (C=O) groups is 2. The van der Waals surface area contributed by atoms with Crippen LogP contribution in [0.15, 0.2) is 0 Å². The molecule has 23 heavy (non-hydrogen) atoms. The molecule has 0 aromatic heterocycles. The lowest BCUT2D eigenvalue weighted by Gasteiger charge is -2.61. The van der Waals surface area contributed by atoms with Crippen LogP contribution in [0, 0.1) is 34.5 Å². The van der Waals surface area contributed by atoms with Crippen molar-refractivity contribution >= 4 is 11.6 Å². The van der Waals surface area contributed by atoms with Crippen LogP contribution >= 0.6 is 0 Å². The molecule has 0 amide bonds. The molecule has 4 aliphatic carbocycles. The number of aliphatic hydroxyl groups excluding tert-OH is 2. The average Bonchev–Trinajstić information content (AvgIpc) is 2.76. The van der Waals surface area contributed by atoms with Crippen molar-refractivity contribution in [1.29, 1.82) is 0 Å². The molecule has 8 atom stereocenters. The van der Waals surface area contributed by atoms with Gasteiger partial charge in [0.15, 0.2) is 11.6 Å². The van der Waals surface area contributed by atoms with Crippen molar-refractivity contribution in [2.24, 2.45) is 34.5 Å². The maximum atomic E-state index is 12.1. The highest BCUT2D eigenvalue weighted by atomic mass is 16.3. The van der Waals surface area contributed by atoms with Crippen molar-refractivity contribution in [2.45, 2.75) is 71.0 Å². The Morgan fingerprint density at radius 2 is 1.70 bits per heavy atom. The maximum Gasteiger partial charge on any atom is 0.198 e. The van der Waals surface area contributed by atoms with Crippen molar-refractivity contribution in [1.82, 2.24) is 0 Å². The summed E-state index contributed by atoms with van der Waals surface area (Å²) in [5.74, 6) is 0.703. The van der Waals surface area contributed by atoms with Gasteiger partial charge in [-0.15, -0.1) is 0 Å². The molecule has 0 bridgehead atoms. The van der Waals surface area contributed by atoms with E-state index < -0.39 is 6.10 Å². The van der Waals surface area contributed by atoms with E-state index >= 15 is 0 Å². The van der Waals surface area contributed by atoms with Crippen LogP contribution in [0.4, 0.5) is 0 Å². The normalized spacial score (nSPS) is 56.0. The SMILES string of the molecule is C[C@]12C[C@@H](O)[C@H]3[C@@H](CCC4CC(=O)C(=O)C[C@@]43C)[C@@H]1CC[C@@H]2O. The Hall–Kier alpha value is -0.740. The Bertz CT molecular complexity index is 558. The van der Waals surface area contributed by atoms with Gasteiger partial charge >= 0.3 is 0 Å². The smallest absolute Gasteiger partial charge is 0.198 e. The fourth-order valence-electron chi connectivity index (χ4n) is 7.03. The van der Waals surface area contributed by atoms with Crippen LogP contribution in [0.3, 0.4) is 0 Å². The lowest BCUT2D eigenvalue weighted by atomic mass is 9.44. The summed E-state index contributed by atoms with van der Waals surface area (Å²) in [5, 5.41) is 21.4. The summed E-state index contributed by atoms with van der Waals surface area (Å²) >= 11 is 0. The number of hydrogen-bond donors (Lipinski definition) is 2. The van der Waals surface area contributed by atoms with Crippen molar-refractivity contribution in [3.63, 3.8) is 0 Å². The highest BCUT2D eigenvalue weighted by molar-refractivity contribution is 6.38. The molecule has 1 unspecified atom stereocenters. The summed E-state index contributed by atoms with van der Waals surface area (Å²) in [4.78, 5) is 24.0. The quantitative estimate of drug-likeness (QED) is 0.670. The number of aliphatic hydroxyl groups is 2. The fraction of sp³-hybridized carbons (Fsp3) is 0.895. The molecule has 0 radical (unpaired) electrons. The van der Waals surface area contributed by atoms with Crippen molar-refractivity contribution in [3.05, 3.63) is 0 Å². The summed E-state index contributed by atoms with van der Waals surface area (Å²) < 4.78 is 0. The molecule has 4 heteroatoms. The highest BCUT2D eigenvalue weighted by Gasteiger charge is 2.63. The van der Waals surface area contributed by atoms with Gasteiger partial charge in [-0.3, -0.25) is 9.59 Å². The zero-order valence-corrected chi connectivity index (χ0v) is 14.1. The van der Waals surface area contributed by atoms with Gasteiger partial charge in [0.2, 0.25) is 0 Å². The minimum atomic E-state index is -0.470. The molecule has 0 aromatic rings. The molecule has 4 rings (SSSR count). The van der Waals surface area contributed by atoms with E-state index in [1.807, 2.05) is 0 Å². The van der Waals surface area contributed by atoms with E-state index in [4.69, 9.17) is 0 Å². The van der Waals surface area contributed by atoms with Crippen LogP contribution < -0.4 is 0 Å². The highest BCUT2D eigenvalue weighted by Crippen LogP contribution is 2.65. The van der Waals surface area contributed by atoms with Gasteiger partial charge < -0.3 is 10.2 Å². The number of ketones is 2. The van der Waals surface area contributed by atoms with Crippen LogP contribution in [0.5, 0.6) is 0 Å². The lowest BCUT2D eigenvalue weighted by Crippen LogP contribution is -2.60. The second-order valence-electron chi connectivity index (χ2n) is 9.17. The topological polar surface area (TPSA) is 74.6 Å². The molecule has 4 nitrogen and oxygen atoms in total. The van der Waals surface area contributed by atoms with Gasteiger partial charge in [0, 0.05) is 12.8 Å². The lowest BCUT2D eigenvalue weighted by molar-refractivity contribution is -0.180. The fourth-order valence-corrected chi connectivity index (χ4v) is 7.03. The van der Waals surface area contributed by atoms with E-state index in [9.17, 15) is 19.8 Å². The molecule has 0 heterocycles. The molecular formula is C19H28O4. The summed E-state index contributed by atoms with van der Waals surface area (Å²) in [5.41, 5.74) is -0.430. The molecule has 2 N–H and O–H groups in total. The Balaban J connectivity index is 1.71. The number of Topliss-reactive ketones (excluding diaryl/α,β-unsaturated/α-hetero) is 2. The number of carbonyl (C=O) groups excluding carboxylic acids is 2.